The Balaban J connectivity index is 1.52. The smallest absolute Gasteiger partial charge is 0.345 e. The van der Waals surface area contributed by atoms with Crippen molar-refractivity contribution in [1.82, 2.24) is 9.47 Å². The van der Waals surface area contributed by atoms with Crippen molar-refractivity contribution >= 4 is 11.7 Å². The monoisotopic (exact) mass is 524 g/mol. The van der Waals surface area contributed by atoms with Gasteiger partial charge in [0.05, 0.1) is 5.56 Å². The van der Waals surface area contributed by atoms with Gasteiger partial charge in [-0.2, -0.15) is 13.2 Å². The number of nitrogens with zero attached hydrogens (tertiary/aromatic N) is 2. The number of ketones is 1. The minimum Gasteiger partial charge on any atom is -0.345 e. The molecular formula is C31H35F3N2O2. The van der Waals surface area contributed by atoms with Gasteiger partial charge >= 0.3 is 6.18 Å². The van der Waals surface area contributed by atoms with E-state index in [2.05, 4.69) is 4.57 Å². The van der Waals surface area contributed by atoms with Crippen LogP contribution in [0, 0.1) is 12.8 Å². The molecule has 4 rings (SSSR count). The fraction of sp³-hybridized carbons (Fsp3) is 0.419. The highest BCUT2D eigenvalue weighted by Crippen LogP contribution is 2.31. The number of alkyl halides is 3. The van der Waals surface area contributed by atoms with Crippen molar-refractivity contribution < 1.29 is 22.8 Å². The van der Waals surface area contributed by atoms with E-state index in [1.54, 1.807) is 6.07 Å². The van der Waals surface area contributed by atoms with Crippen LogP contribution in [0.1, 0.15) is 65.7 Å². The fourth-order valence-electron chi connectivity index (χ4n) is 5.44. The summed E-state index contributed by atoms with van der Waals surface area (Å²) in [6.45, 7) is 3.12. The molecule has 0 spiro atoms. The number of halogens is 3. The highest BCUT2D eigenvalue weighted by molar-refractivity contribution is 6.00. The third-order valence-electron chi connectivity index (χ3n) is 7.56. The molecule has 0 radical (unpaired) electrons. The third kappa shape index (κ3) is 6.55. The Morgan fingerprint density at radius 2 is 1.68 bits per heavy atom. The fourth-order valence-corrected chi connectivity index (χ4v) is 5.44. The van der Waals surface area contributed by atoms with Crippen LogP contribution in [0.5, 0.6) is 0 Å². The van der Waals surface area contributed by atoms with Gasteiger partial charge in [-0.15, -0.1) is 0 Å². The lowest BCUT2D eigenvalue weighted by atomic mass is 9.88. The van der Waals surface area contributed by atoms with Crippen molar-refractivity contribution in [2.45, 2.75) is 64.6 Å². The zero-order valence-electron chi connectivity index (χ0n) is 22.1. The van der Waals surface area contributed by atoms with Crippen molar-refractivity contribution in [3.8, 4) is 11.3 Å². The number of hydrogen-bond acceptors (Lipinski definition) is 2. The number of Topliss-reactive ketones (excluding diaryl/α,β-unsaturated/α-hetero) is 1. The van der Waals surface area contributed by atoms with Crippen LogP contribution < -0.4 is 0 Å². The summed E-state index contributed by atoms with van der Waals surface area (Å²) in [5, 5.41) is 0. The zero-order chi connectivity index (χ0) is 27.3. The number of carbonyl (C=O) groups excluding carboxylic acids is 2. The molecule has 7 heteroatoms. The second-order valence-corrected chi connectivity index (χ2v) is 10.3. The molecule has 0 bridgehead atoms. The molecular weight excluding hydrogens is 489 g/mol. The normalized spacial score (nSPS) is 14.4. The number of aromatic nitrogens is 1. The van der Waals surface area contributed by atoms with Crippen molar-refractivity contribution in [2.75, 3.05) is 13.6 Å². The number of hydrogen-bond donors (Lipinski definition) is 0. The minimum absolute atomic E-state index is 0.109. The molecule has 3 aromatic rings. The average molecular weight is 525 g/mol. The largest absolute Gasteiger partial charge is 0.416 e. The van der Waals surface area contributed by atoms with Crippen LogP contribution in [0.2, 0.25) is 0 Å². The Labute approximate surface area is 222 Å². The van der Waals surface area contributed by atoms with Gasteiger partial charge < -0.3 is 9.47 Å². The summed E-state index contributed by atoms with van der Waals surface area (Å²) in [5.74, 6) is 0.124. The van der Waals surface area contributed by atoms with E-state index in [9.17, 15) is 22.8 Å². The van der Waals surface area contributed by atoms with E-state index in [1.165, 1.54) is 12.5 Å². The third-order valence-corrected chi connectivity index (χ3v) is 7.56. The van der Waals surface area contributed by atoms with Gasteiger partial charge in [0.15, 0.2) is 5.78 Å². The summed E-state index contributed by atoms with van der Waals surface area (Å²) in [7, 11) is 1.86. The quantitative estimate of drug-likeness (QED) is 0.275. The minimum atomic E-state index is -4.45. The van der Waals surface area contributed by atoms with Gasteiger partial charge in [-0.1, -0.05) is 67.8 Å². The first kappa shape index (κ1) is 27.7. The van der Waals surface area contributed by atoms with E-state index in [0.717, 1.165) is 61.2 Å². The summed E-state index contributed by atoms with van der Waals surface area (Å²) in [6, 6.07) is 16.5. The Hall–Kier alpha value is -3.35. The van der Waals surface area contributed by atoms with Gasteiger partial charge in [0.1, 0.15) is 0 Å². The molecule has 1 amide bonds. The van der Waals surface area contributed by atoms with Crippen LogP contribution in [-0.2, 0) is 23.9 Å². The van der Waals surface area contributed by atoms with Crippen molar-refractivity contribution in [3.05, 3.63) is 83.0 Å². The first-order valence-corrected chi connectivity index (χ1v) is 13.3. The summed E-state index contributed by atoms with van der Waals surface area (Å²) in [5.41, 5.74) is 2.71. The standard InChI is InChI=1S/C31H35F3N2O2/c1-22-27(29(37)20-23-11-9-16-26(19-23)31(32,33)34)21-28(24-12-5-3-6-13-24)36(22)18-10-17-35(2)30(38)25-14-7-4-8-15-25/h3,5-6,9,11-13,16,19,21,25H,4,7-8,10,14-15,17-18,20H2,1-2H3. The van der Waals surface area contributed by atoms with Crippen molar-refractivity contribution in [2.24, 2.45) is 5.92 Å². The van der Waals surface area contributed by atoms with Crippen molar-refractivity contribution in [1.29, 1.82) is 0 Å². The molecule has 202 valence electrons. The molecule has 0 atom stereocenters. The Kier molecular flexibility index (Phi) is 8.75. The first-order chi connectivity index (χ1) is 18.1. The Morgan fingerprint density at radius 1 is 0.974 bits per heavy atom. The van der Waals surface area contributed by atoms with Gasteiger partial charge in [-0.05, 0) is 49.4 Å². The van der Waals surface area contributed by atoms with Crippen LogP contribution in [0.3, 0.4) is 0 Å². The second-order valence-electron chi connectivity index (χ2n) is 10.3. The number of amides is 1. The van der Waals surface area contributed by atoms with E-state index in [0.29, 0.717) is 24.2 Å². The molecule has 0 unspecified atom stereocenters. The van der Waals surface area contributed by atoms with Crippen molar-refractivity contribution in [3.63, 3.8) is 0 Å². The topological polar surface area (TPSA) is 42.3 Å². The van der Waals surface area contributed by atoms with Gasteiger partial charge in [-0.3, -0.25) is 9.59 Å². The highest BCUT2D eigenvalue weighted by atomic mass is 19.4. The lowest BCUT2D eigenvalue weighted by Crippen LogP contribution is -2.35. The molecule has 1 aliphatic carbocycles. The average Bonchev–Trinajstić information content (AvgIpc) is 3.25. The van der Waals surface area contributed by atoms with Gasteiger partial charge in [0.2, 0.25) is 5.91 Å². The first-order valence-electron chi connectivity index (χ1n) is 13.3. The van der Waals surface area contributed by atoms with E-state index < -0.39 is 11.7 Å². The summed E-state index contributed by atoms with van der Waals surface area (Å²) in [6.07, 6.45) is 1.54. The van der Waals surface area contributed by atoms with Gasteiger partial charge in [-0.25, -0.2) is 0 Å². The van der Waals surface area contributed by atoms with Crippen LogP contribution >= 0.6 is 0 Å². The zero-order valence-corrected chi connectivity index (χ0v) is 22.1. The number of carbonyl (C=O) groups is 2. The molecule has 1 fully saturated rings. The summed E-state index contributed by atoms with van der Waals surface area (Å²) < 4.78 is 41.6. The molecule has 1 aromatic heterocycles. The van der Waals surface area contributed by atoms with Crippen LogP contribution in [0.15, 0.2) is 60.7 Å². The SMILES string of the molecule is Cc1c(C(=O)Cc2cccc(C(F)(F)F)c2)cc(-c2ccccc2)n1CCCN(C)C(=O)C1CCCCC1. The summed E-state index contributed by atoms with van der Waals surface area (Å²) in [4.78, 5) is 28.0. The lowest BCUT2D eigenvalue weighted by molar-refractivity contribution is -0.137. The second kappa shape index (κ2) is 12.0. The van der Waals surface area contributed by atoms with Crippen LogP contribution in [0.4, 0.5) is 13.2 Å². The number of benzene rings is 2. The van der Waals surface area contributed by atoms with Gasteiger partial charge in [0, 0.05) is 49.4 Å². The molecule has 0 aliphatic heterocycles. The highest BCUT2D eigenvalue weighted by Gasteiger charge is 2.30. The van der Waals surface area contributed by atoms with E-state index in [1.807, 2.05) is 55.3 Å². The molecule has 4 nitrogen and oxygen atoms in total. The van der Waals surface area contributed by atoms with Crippen LogP contribution in [0.25, 0.3) is 11.3 Å². The summed E-state index contributed by atoms with van der Waals surface area (Å²) >= 11 is 0. The van der Waals surface area contributed by atoms with E-state index >= 15 is 0 Å². The maximum absolute atomic E-state index is 13.3. The Bertz CT molecular complexity index is 1260. The maximum atomic E-state index is 13.3. The van der Waals surface area contributed by atoms with Gasteiger partial charge in [0.25, 0.3) is 0 Å². The van der Waals surface area contributed by atoms with Crippen LogP contribution in [-0.4, -0.2) is 34.7 Å². The maximum Gasteiger partial charge on any atom is 0.416 e. The molecule has 0 N–H and O–H groups in total. The predicted octanol–water partition coefficient (Wildman–Crippen LogP) is 7.34. The molecule has 1 saturated carbocycles. The molecule has 38 heavy (non-hydrogen) atoms. The lowest BCUT2D eigenvalue weighted by Gasteiger charge is -2.26. The molecule has 1 heterocycles. The Morgan fingerprint density at radius 3 is 2.37 bits per heavy atom. The predicted molar refractivity (Wildman–Crippen MR) is 143 cm³/mol. The molecule has 2 aromatic carbocycles. The van der Waals surface area contributed by atoms with E-state index in [-0.39, 0.29) is 24.0 Å². The molecule has 0 saturated heterocycles. The van der Waals surface area contributed by atoms with E-state index in [4.69, 9.17) is 0 Å². The molecule has 1 aliphatic rings. The number of rotatable bonds is 9.